The quantitative estimate of drug-likeness (QED) is 0.731. The number of nitrogens with zero attached hydrogens (tertiary/aromatic N) is 1. The molecule has 2 rings (SSSR count). The van der Waals surface area contributed by atoms with E-state index < -0.39 is 11.8 Å². The normalized spacial score (nSPS) is 15.8. The number of benzene rings is 1. The second kappa shape index (κ2) is 4.05. The molecule has 0 bridgehead atoms. The van der Waals surface area contributed by atoms with E-state index in [0.29, 0.717) is 16.9 Å². The van der Waals surface area contributed by atoms with Gasteiger partial charge >= 0.3 is 0 Å². The Morgan fingerprint density at radius 2 is 1.35 bits per heavy atom. The number of aryl methyl sites for hydroxylation is 1. The number of hydroxylamine groups is 2. The van der Waals surface area contributed by atoms with Gasteiger partial charge in [0.2, 0.25) is 0 Å². The van der Waals surface area contributed by atoms with Gasteiger partial charge in [0.25, 0.3) is 11.8 Å². The molecule has 2 amide bonds. The van der Waals surface area contributed by atoms with Gasteiger partial charge in [-0.3, -0.25) is 9.59 Å². The van der Waals surface area contributed by atoms with Crippen molar-refractivity contribution in [3.05, 3.63) is 41.0 Å². The van der Waals surface area contributed by atoms with Crippen LogP contribution >= 0.6 is 0 Å². The van der Waals surface area contributed by atoms with Gasteiger partial charge in [0.15, 0.2) is 5.75 Å². The van der Waals surface area contributed by atoms with E-state index in [2.05, 4.69) is 0 Å². The maximum Gasteiger partial charge on any atom is 0.290 e. The molecule has 0 atom stereocenters. The summed E-state index contributed by atoms with van der Waals surface area (Å²) < 4.78 is 0. The number of imide groups is 1. The predicted octanol–water partition coefficient (Wildman–Crippen LogP) is 1.99. The van der Waals surface area contributed by atoms with Gasteiger partial charge in [0.05, 0.1) is 0 Å². The summed E-state index contributed by atoms with van der Waals surface area (Å²) in [5.74, 6) is -0.319. The standard InChI is InChI=1S/C13H13NO3/c1-8-4-6-11(7-5-8)17-14-12(15)9(2)10(3)13(14)16/h4-7H,1-3H3. The van der Waals surface area contributed by atoms with Crippen LogP contribution in [0.4, 0.5) is 0 Å². The largest absolute Gasteiger partial charge is 0.369 e. The van der Waals surface area contributed by atoms with Gasteiger partial charge in [0, 0.05) is 11.1 Å². The lowest BCUT2D eigenvalue weighted by Gasteiger charge is -2.15. The van der Waals surface area contributed by atoms with Crippen molar-refractivity contribution in [1.82, 2.24) is 5.06 Å². The molecular formula is C13H13NO3. The van der Waals surface area contributed by atoms with Crippen molar-refractivity contribution < 1.29 is 14.4 Å². The first-order chi connectivity index (χ1) is 8.00. The minimum absolute atomic E-state index is 0.395. The number of amides is 2. The van der Waals surface area contributed by atoms with Crippen molar-refractivity contribution in [3.8, 4) is 5.75 Å². The maximum absolute atomic E-state index is 11.7. The summed E-state index contributed by atoms with van der Waals surface area (Å²) in [6.07, 6.45) is 0. The molecule has 1 aromatic carbocycles. The van der Waals surface area contributed by atoms with E-state index in [1.165, 1.54) is 0 Å². The third kappa shape index (κ3) is 1.93. The smallest absolute Gasteiger partial charge is 0.290 e. The highest BCUT2D eigenvalue weighted by Gasteiger charge is 2.35. The zero-order chi connectivity index (χ0) is 12.6. The average molecular weight is 231 g/mol. The van der Waals surface area contributed by atoms with Crippen LogP contribution in [0.3, 0.4) is 0 Å². The molecule has 0 fully saturated rings. The van der Waals surface area contributed by atoms with Gasteiger partial charge in [0.1, 0.15) is 0 Å². The topological polar surface area (TPSA) is 46.6 Å². The van der Waals surface area contributed by atoms with E-state index in [1.807, 2.05) is 19.1 Å². The van der Waals surface area contributed by atoms with Gasteiger partial charge in [-0.25, -0.2) is 0 Å². The van der Waals surface area contributed by atoms with Crippen LogP contribution in [-0.4, -0.2) is 16.9 Å². The summed E-state index contributed by atoms with van der Waals surface area (Å²) in [6.45, 7) is 5.19. The lowest BCUT2D eigenvalue weighted by Crippen LogP contribution is -2.34. The fourth-order valence-electron chi connectivity index (χ4n) is 1.51. The summed E-state index contributed by atoms with van der Waals surface area (Å²) >= 11 is 0. The Morgan fingerprint density at radius 1 is 0.882 bits per heavy atom. The van der Waals surface area contributed by atoms with Crippen molar-refractivity contribution in [2.75, 3.05) is 0 Å². The van der Waals surface area contributed by atoms with Crippen LogP contribution in [0.2, 0.25) is 0 Å². The molecule has 1 aromatic rings. The van der Waals surface area contributed by atoms with E-state index in [4.69, 9.17) is 4.84 Å². The molecule has 0 unspecified atom stereocenters. The summed E-state index contributed by atoms with van der Waals surface area (Å²) in [5, 5.41) is 0.801. The Balaban J connectivity index is 2.19. The van der Waals surface area contributed by atoms with Crippen LogP contribution in [0.1, 0.15) is 19.4 Å². The second-order valence-electron chi connectivity index (χ2n) is 4.06. The second-order valence-corrected chi connectivity index (χ2v) is 4.06. The summed E-state index contributed by atoms with van der Waals surface area (Å²) in [7, 11) is 0. The number of carbonyl (C=O) groups is 2. The molecule has 4 heteroatoms. The molecule has 88 valence electrons. The third-order valence-electron chi connectivity index (χ3n) is 2.79. The van der Waals surface area contributed by atoms with Crippen molar-refractivity contribution in [3.63, 3.8) is 0 Å². The van der Waals surface area contributed by atoms with E-state index >= 15 is 0 Å². The van der Waals surface area contributed by atoms with Crippen molar-refractivity contribution >= 4 is 11.8 Å². The summed E-state index contributed by atoms with van der Waals surface area (Å²) in [6, 6.07) is 7.15. The number of hydrogen-bond acceptors (Lipinski definition) is 3. The Kier molecular flexibility index (Phi) is 2.71. The highest BCUT2D eigenvalue weighted by molar-refractivity contribution is 6.17. The first-order valence-electron chi connectivity index (χ1n) is 5.31. The minimum atomic E-state index is -0.395. The highest BCUT2D eigenvalue weighted by Crippen LogP contribution is 2.22. The lowest BCUT2D eigenvalue weighted by atomic mass is 10.2. The molecule has 0 N–H and O–H groups in total. The van der Waals surface area contributed by atoms with Crippen LogP contribution in [0, 0.1) is 6.92 Å². The Bertz CT molecular complexity index is 490. The molecule has 0 aromatic heterocycles. The predicted molar refractivity (Wildman–Crippen MR) is 62.0 cm³/mol. The van der Waals surface area contributed by atoms with Crippen LogP contribution in [0.5, 0.6) is 5.75 Å². The molecule has 0 spiro atoms. The minimum Gasteiger partial charge on any atom is -0.369 e. The van der Waals surface area contributed by atoms with Crippen LogP contribution in [0.25, 0.3) is 0 Å². The number of carbonyl (C=O) groups excluding carboxylic acids is 2. The molecule has 0 radical (unpaired) electrons. The van der Waals surface area contributed by atoms with Crippen LogP contribution in [-0.2, 0) is 9.59 Å². The molecular weight excluding hydrogens is 218 g/mol. The number of hydrogen-bond donors (Lipinski definition) is 0. The summed E-state index contributed by atoms with van der Waals surface area (Å²) in [4.78, 5) is 28.7. The SMILES string of the molecule is CC1=C(C)C(=O)N(Oc2ccc(C)cc2)C1=O. The van der Waals surface area contributed by atoms with Gasteiger partial charge in [-0.15, -0.1) is 0 Å². The molecule has 0 aliphatic carbocycles. The van der Waals surface area contributed by atoms with Gasteiger partial charge in [-0.1, -0.05) is 22.8 Å². The maximum atomic E-state index is 11.7. The zero-order valence-electron chi connectivity index (χ0n) is 9.98. The third-order valence-corrected chi connectivity index (χ3v) is 2.79. The zero-order valence-corrected chi connectivity index (χ0v) is 9.98. The fourth-order valence-corrected chi connectivity index (χ4v) is 1.51. The fraction of sp³-hybridized carbons (Fsp3) is 0.231. The first-order valence-corrected chi connectivity index (χ1v) is 5.31. The van der Waals surface area contributed by atoms with Gasteiger partial charge < -0.3 is 4.84 Å². The first kappa shape index (κ1) is 11.4. The molecule has 0 saturated carbocycles. The number of rotatable bonds is 2. The van der Waals surface area contributed by atoms with Gasteiger partial charge in [-0.05, 0) is 32.9 Å². The Hall–Kier alpha value is -2.10. The molecule has 0 saturated heterocycles. The van der Waals surface area contributed by atoms with Crippen LogP contribution in [0.15, 0.2) is 35.4 Å². The van der Waals surface area contributed by atoms with Crippen molar-refractivity contribution in [2.24, 2.45) is 0 Å². The van der Waals surface area contributed by atoms with E-state index in [9.17, 15) is 9.59 Å². The van der Waals surface area contributed by atoms with E-state index in [0.717, 1.165) is 10.6 Å². The highest BCUT2D eigenvalue weighted by atomic mass is 16.7. The lowest BCUT2D eigenvalue weighted by molar-refractivity contribution is -0.163. The molecule has 1 heterocycles. The van der Waals surface area contributed by atoms with Crippen molar-refractivity contribution in [2.45, 2.75) is 20.8 Å². The van der Waals surface area contributed by atoms with Crippen LogP contribution < -0.4 is 4.84 Å². The molecule has 1 aliphatic rings. The van der Waals surface area contributed by atoms with Gasteiger partial charge in [-0.2, -0.15) is 0 Å². The van der Waals surface area contributed by atoms with Crippen molar-refractivity contribution in [1.29, 1.82) is 0 Å². The Morgan fingerprint density at radius 3 is 1.82 bits per heavy atom. The molecule has 17 heavy (non-hydrogen) atoms. The molecule has 4 nitrogen and oxygen atoms in total. The Labute approximate surface area is 99.4 Å². The monoisotopic (exact) mass is 231 g/mol. The average Bonchev–Trinajstić information content (AvgIpc) is 2.50. The molecule has 1 aliphatic heterocycles. The summed E-state index contributed by atoms with van der Waals surface area (Å²) in [5.41, 5.74) is 1.95. The van der Waals surface area contributed by atoms with E-state index in [1.54, 1.807) is 26.0 Å². The van der Waals surface area contributed by atoms with E-state index in [-0.39, 0.29) is 0 Å².